The van der Waals surface area contributed by atoms with Crippen molar-refractivity contribution in [3.63, 3.8) is 0 Å². The van der Waals surface area contributed by atoms with E-state index in [-0.39, 0.29) is 49.8 Å². The van der Waals surface area contributed by atoms with Gasteiger partial charge < -0.3 is 52.0 Å². The normalized spacial score (nSPS) is 29.5. The second-order valence-corrected chi connectivity index (χ2v) is 21.6. The molecular formula is C55H74N10O13. The Morgan fingerprint density at radius 1 is 0.795 bits per heavy atom. The van der Waals surface area contributed by atoms with Crippen molar-refractivity contribution in [3.05, 3.63) is 106 Å². The fourth-order valence-corrected chi connectivity index (χ4v) is 10.8. The second kappa shape index (κ2) is 25.8. The van der Waals surface area contributed by atoms with Crippen molar-refractivity contribution in [2.24, 2.45) is 23.7 Å². The maximum absolute atomic E-state index is 15.2. The monoisotopic (exact) mass is 1080 g/mol. The molecule has 4 aliphatic rings. The van der Waals surface area contributed by atoms with Crippen LogP contribution >= 0.6 is 0 Å². The van der Waals surface area contributed by atoms with Gasteiger partial charge in [-0.25, -0.2) is 10.3 Å². The first-order valence-corrected chi connectivity index (χ1v) is 27.1. The number of fused-ring (bicyclic) bond motifs is 1. The van der Waals surface area contributed by atoms with Gasteiger partial charge in [0.2, 0.25) is 41.5 Å². The van der Waals surface area contributed by atoms with E-state index in [0.717, 1.165) is 0 Å². The zero-order chi connectivity index (χ0) is 56.5. The summed E-state index contributed by atoms with van der Waals surface area (Å²) in [6, 6.07) is 8.78. The van der Waals surface area contributed by atoms with Crippen LogP contribution in [0.25, 0.3) is 0 Å². The van der Waals surface area contributed by atoms with Gasteiger partial charge in [-0.15, -0.1) is 0 Å². The number of aromatic nitrogens is 1. The van der Waals surface area contributed by atoms with E-state index >= 15 is 14.4 Å². The Morgan fingerprint density at radius 2 is 1.40 bits per heavy atom. The molecule has 3 aromatic rings. The van der Waals surface area contributed by atoms with Crippen molar-refractivity contribution in [1.82, 2.24) is 47.0 Å². The molecule has 0 radical (unpaired) electrons. The summed E-state index contributed by atoms with van der Waals surface area (Å²) in [6.45, 7) is 10.5. The molecule has 0 bridgehead atoms. The van der Waals surface area contributed by atoms with E-state index in [1.54, 1.807) is 81.4 Å². The number of esters is 1. The smallest absolute Gasteiger partial charge is 0.329 e. The molecule has 4 unspecified atom stereocenters. The average molecular weight is 1080 g/mol. The first-order chi connectivity index (χ1) is 37.2. The number of nitrogens with one attached hydrogen (secondary N) is 7. The summed E-state index contributed by atoms with van der Waals surface area (Å²) in [5.41, 5.74) is 3.20. The largest absolute Gasteiger partial charge is 0.458 e. The van der Waals surface area contributed by atoms with Gasteiger partial charge in [0, 0.05) is 47.9 Å². The van der Waals surface area contributed by atoms with Gasteiger partial charge in [0.05, 0.1) is 0 Å². The Bertz CT molecular complexity index is 2660. The van der Waals surface area contributed by atoms with E-state index in [1.807, 2.05) is 13.8 Å². The van der Waals surface area contributed by atoms with Crippen LogP contribution in [0.15, 0.2) is 79.0 Å². The Morgan fingerprint density at radius 3 is 1.94 bits per heavy atom. The summed E-state index contributed by atoms with van der Waals surface area (Å²) in [7, 11) is 0. The zero-order valence-electron chi connectivity index (χ0n) is 44.8. The second-order valence-electron chi connectivity index (χ2n) is 21.6. The third-order valence-corrected chi connectivity index (χ3v) is 16.1. The lowest BCUT2D eigenvalue weighted by Gasteiger charge is -2.34. The van der Waals surface area contributed by atoms with E-state index in [2.05, 4.69) is 37.4 Å². The number of nitrogens with zero attached hydrogens (tertiary/aromatic N) is 3. The minimum atomic E-state index is -1.85. The van der Waals surface area contributed by atoms with Crippen LogP contribution < -0.4 is 37.4 Å². The molecule has 2 aliphatic heterocycles. The summed E-state index contributed by atoms with van der Waals surface area (Å²) in [6.07, 6.45) is 1.77. The minimum absolute atomic E-state index is 0.0222. The number of benzene rings is 2. The number of ether oxygens (including phenoxy) is 1. The third kappa shape index (κ3) is 14.0. The Kier molecular flexibility index (Phi) is 19.3. The van der Waals surface area contributed by atoms with Crippen LogP contribution in [0.2, 0.25) is 0 Å². The van der Waals surface area contributed by atoms with Gasteiger partial charge in [-0.3, -0.25) is 43.7 Å². The highest BCUT2D eigenvalue weighted by Crippen LogP contribution is 2.38. The van der Waals surface area contributed by atoms with Crippen molar-refractivity contribution in [3.8, 4) is 0 Å². The maximum Gasteiger partial charge on any atom is 0.329 e. The lowest BCUT2D eigenvalue weighted by molar-refractivity contribution is -0.498. The molecule has 0 spiro atoms. The number of rotatable bonds is 18. The molecule has 16 atom stereocenters. The predicted octanol–water partition coefficient (Wildman–Crippen LogP) is 2.68. The molecule has 7 amide bonds. The summed E-state index contributed by atoms with van der Waals surface area (Å²) in [5, 5.41) is 48.5. The standard InChI is InChI=1S/C55H74N10O13/c1-7-16-33-23-43-55(73)78-32(6)47(61-49(67)40(26-37-27-42(37)65(76)77)56-50(68)41-21-15-22-64(41)75)53(71)60-45(30(4)34-17-11-9-12-18-34)51(69)57-39(25-36-24-38(36)62-74)48(66)59-46(31(5)35-19-13-10-14-20-35)52(70)58-44(29(3)8-2)54(72)63(43)28-33/h9-15,17-22,29-33,36-40,42-47,62,74-75H,7-8,16,23-28H2,1-6H3,(H,56,68)(H,57,69)(H,58,70)(H,59,66)(H,60,71)(H,61,67)/t29-,30+,31+,32+,33?,36-,37+,38+,39?,40?,42+,43?,44-,45-,46-,47+/m0/s1. The third-order valence-electron chi connectivity index (χ3n) is 16.1. The van der Waals surface area contributed by atoms with Crippen LogP contribution in [0.3, 0.4) is 0 Å². The summed E-state index contributed by atoms with van der Waals surface area (Å²) in [4.78, 5) is 131. The highest BCUT2D eigenvalue weighted by Gasteiger charge is 2.51. The predicted molar refractivity (Wildman–Crippen MR) is 281 cm³/mol. The topological polar surface area (TPSA) is 322 Å². The molecule has 9 N–H and O–H groups in total. The molecule has 2 saturated heterocycles. The van der Waals surface area contributed by atoms with E-state index in [0.29, 0.717) is 41.5 Å². The van der Waals surface area contributed by atoms with Crippen molar-refractivity contribution < 1.29 is 58.4 Å². The fourth-order valence-electron chi connectivity index (χ4n) is 10.8. The Balaban J connectivity index is 1.32. The highest BCUT2D eigenvalue weighted by atomic mass is 16.6. The van der Waals surface area contributed by atoms with Gasteiger partial charge in [0.25, 0.3) is 5.91 Å². The van der Waals surface area contributed by atoms with E-state index in [9.17, 15) is 44.5 Å². The van der Waals surface area contributed by atoms with Crippen molar-refractivity contribution in [2.75, 3.05) is 6.54 Å². The quantitative estimate of drug-likeness (QED) is 0.0383. The molecule has 78 heavy (non-hydrogen) atoms. The van der Waals surface area contributed by atoms with Crippen LogP contribution in [-0.4, -0.2) is 139 Å². The number of cyclic esters (lactones) is 1. The van der Waals surface area contributed by atoms with Crippen LogP contribution in [-0.2, 0) is 38.3 Å². The first-order valence-electron chi connectivity index (χ1n) is 27.1. The Hall–Kier alpha value is -7.40. The molecule has 2 aliphatic carbocycles. The number of nitro groups is 1. The molecule has 2 aromatic carbocycles. The van der Waals surface area contributed by atoms with Crippen LogP contribution in [0.5, 0.6) is 0 Å². The average Bonchev–Trinajstić information content (AvgIpc) is 4.33. The lowest BCUT2D eigenvalue weighted by Crippen LogP contribution is -2.62. The van der Waals surface area contributed by atoms with E-state index in [4.69, 9.17) is 4.74 Å². The van der Waals surface area contributed by atoms with Crippen molar-refractivity contribution >= 4 is 47.3 Å². The summed E-state index contributed by atoms with van der Waals surface area (Å²) >= 11 is 0. The minimum Gasteiger partial charge on any atom is -0.458 e. The zero-order valence-corrected chi connectivity index (χ0v) is 44.8. The lowest BCUT2D eigenvalue weighted by atomic mass is 9.90. The molecule has 7 rings (SSSR count). The fraction of sp³-hybridized carbons (Fsp3) is 0.564. The molecule has 422 valence electrons. The number of hydroxylamine groups is 1. The van der Waals surface area contributed by atoms with Gasteiger partial charge in [-0.1, -0.05) is 108 Å². The number of carbonyl (C=O) groups is 8. The van der Waals surface area contributed by atoms with Crippen LogP contribution in [0.4, 0.5) is 0 Å². The first kappa shape index (κ1) is 58.3. The highest BCUT2D eigenvalue weighted by molar-refractivity contribution is 6.00. The van der Waals surface area contributed by atoms with Gasteiger partial charge in [-0.2, -0.15) is 4.73 Å². The van der Waals surface area contributed by atoms with Gasteiger partial charge >= 0.3 is 5.97 Å². The van der Waals surface area contributed by atoms with E-state index < -0.39 is 136 Å². The van der Waals surface area contributed by atoms with Crippen LogP contribution in [0, 0.1) is 33.8 Å². The number of carbonyl (C=O) groups excluding carboxylic acids is 8. The molecular weight excluding hydrogens is 1010 g/mol. The molecule has 1 aromatic heterocycles. The molecule has 2 saturated carbocycles. The van der Waals surface area contributed by atoms with Gasteiger partial charge in [-0.05, 0) is 80.0 Å². The van der Waals surface area contributed by atoms with Gasteiger partial charge in [0.15, 0.2) is 0 Å². The Labute approximate surface area is 452 Å². The van der Waals surface area contributed by atoms with E-state index in [1.165, 1.54) is 30.2 Å². The SMILES string of the molecule is CCCC1CC2C(=O)O[C@H](C)[C@@H](NC(=O)C(C[C@@H]3C[C@H]3[N+](=O)[O-])NC(=O)c3cccn3O)C(=O)N[C@@H]([C@H](C)c3ccccc3)C(=O)NC(C[C@@H]3C[C@H]3NO)C(=O)N[C@@H]([C@H](C)c3ccccc3)C(=O)N[C@@H]([C@@H](C)CC)C(=O)N2C1. The van der Waals surface area contributed by atoms with Crippen molar-refractivity contribution in [2.45, 2.75) is 165 Å². The molecule has 4 fully saturated rings. The van der Waals surface area contributed by atoms with Crippen molar-refractivity contribution in [1.29, 1.82) is 0 Å². The summed E-state index contributed by atoms with van der Waals surface area (Å²) in [5.74, 6) is -10.0. The number of hydrogen-bond donors (Lipinski definition) is 9. The molecule has 3 heterocycles. The summed E-state index contributed by atoms with van der Waals surface area (Å²) < 4.78 is 6.65. The maximum atomic E-state index is 15.2. The molecule has 23 heteroatoms. The van der Waals surface area contributed by atoms with Gasteiger partial charge in [0.1, 0.15) is 54.1 Å². The molecule has 23 nitrogen and oxygen atoms in total. The van der Waals surface area contributed by atoms with Crippen LogP contribution in [0.1, 0.15) is 126 Å². The number of hydrogen-bond acceptors (Lipinski definition) is 14. The number of amides is 7.